The first-order valence-corrected chi connectivity index (χ1v) is 7.28. The van der Waals surface area contributed by atoms with Crippen LogP contribution in [0.15, 0.2) is 33.7 Å². The Morgan fingerprint density at radius 1 is 1.47 bits per heavy atom. The largest absolute Gasteiger partial charge is 0.448 e. The van der Waals surface area contributed by atoms with Gasteiger partial charge in [-0.3, -0.25) is 0 Å². The van der Waals surface area contributed by atoms with Crippen LogP contribution in [0.3, 0.4) is 0 Å². The highest BCUT2D eigenvalue weighted by Gasteiger charge is 2.06. The third-order valence-electron chi connectivity index (χ3n) is 1.84. The molecule has 19 heavy (non-hydrogen) atoms. The molecule has 0 saturated heterocycles. The van der Waals surface area contributed by atoms with E-state index in [-0.39, 0.29) is 12.4 Å². The van der Waals surface area contributed by atoms with E-state index < -0.39 is 6.09 Å². The molecule has 0 bridgehead atoms. The Hall–Kier alpha value is -1.34. The van der Waals surface area contributed by atoms with Gasteiger partial charge < -0.3 is 14.8 Å². The van der Waals surface area contributed by atoms with E-state index in [0.717, 1.165) is 28.2 Å². The lowest BCUT2D eigenvalue weighted by Crippen LogP contribution is -2.12. The molecule has 0 fully saturated rings. The summed E-state index contributed by atoms with van der Waals surface area (Å²) < 4.78 is 5.68. The second-order valence-electron chi connectivity index (χ2n) is 3.23. The van der Waals surface area contributed by atoms with Crippen molar-refractivity contribution >= 4 is 50.9 Å². The first-order valence-electron chi connectivity index (χ1n) is 5.50. The predicted octanol–water partition coefficient (Wildman–Crippen LogP) is 3.31. The molecule has 0 aliphatic carbocycles. The summed E-state index contributed by atoms with van der Waals surface area (Å²) in [6.45, 7) is 1.96. The molecule has 1 aromatic rings. The van der Waals surface area contributed by atoms with E-state index in [1.54, 1.807) is 6.92 Å². The van der Waals surface area contributed by atoms with E-state index in [1.807, 2.05) is 24.3 Å². The number of aliphatic imine (C=N–C) groups is 1. The second kappa shape index (κ2) is 8.71. The third-order valence-corrected chi connectivity index (χ3v) is 3.14. The molecular weight excluding hydrogens is 332 g/mol. The van der Waals surface area contributed by atoms with Crippen molar-refractivity contribution in [2.75, 3.05) is 17.7 Å². The van der Waals surface area contributed by atoms with E-state index in [1.165, 1.54) is 0 Å². The summed E-state index contributed by atoms with van der Waals surface area (Å²) in [5.41, 5.74) is 0.768. The monoisotopic (exact) mass is 344 g/mol. The number of amidine groups is 1. The summed E-state index contributed by atoms with van der Waals surface area (Å²) in [6, 6.07) is 7.36. The predicted molar refractivity (Wildman–Crippen MR) is 80.7 cm³/mol. The van der Waals surface area contributed by atoms with Gasteiger partial charge in [-0.1, -0.05) is 27.7 Å². The lowest BCUT2D eigenvalue weighted by atomic mass is 10.3. The number of carbonyl (C=O) groups excluding carboxylic acids is 2. The standard InChI is InChI=1S/C12H13BrN2O3S/c1-2-18-12(17)15-11(19-8-7-16)14-10-5-3-9(13)4-6-10/h3-7H,2,8H2,1H3,(H,14,15,17). The third kappa shape index (κ3) is 6.40. The van der Waals surface area contributed by atoms with Crippen molar-refractivity contribution in [2.24, 2.45) is 4.99 Å². The highest BCUT2D eigenvalue weighted by atomic mass is 79.9. The van der Waals surface area contributed by atoms with Crippen LogP contribution < -0.4 is 5.32 Å². The first-order chi connectivity index (χ1) is 9.15. The SMILES string of the molecule is CCOC(=O)/N=C(/Nc1ccc(Br)cc1)SCC=O. The number of thioether (sulfide) groups is 1. The van der Waals surface area contributed by atoms with Crippen LogP contribution in [0.4, 0.5) is 10.5 Å². The van der Waals surface area contributed by atoms with Crippen molar-refractivity contribution in [2.45, 2.75) is 6.92 Å². The van der Waals surface area contributed by atoms with Crippen molar-refractivity contribution in [3.63, 3.8) is 0 Å². The van der Waals surface area contributed by atoms with Crippen LogP contribution in [0.5, 0.6) is 0 Å². The molecule has 1 amide bonds. The molecule has 1 rings (SSSR count). The first kappa shape index (κ1) is 15.7. The molecule has 0 saturated carbocycles. The fourth-order valence-electron chi connectivity index (χ4n) is 1.10. The molecule has 7 heteroatoms. The van der Waals surface area contributed by atoms with E-state index in [4.69, 9.17) is 4.74 Å². The molecule has 0 aromatic heterocycles. The van der Waals surface area contributed by atoms with Gasteiger partial charge in [0.05, 0.1) is 12.4 Å². The molecule has 0 heterocycles. The zero-order valence-corrected chi connectivity index (χ0v) is 12.7. The molecule has 0 atom stereocenters. The zero-order chi connectivity index (χ0) is 14.1. The number of aldehydes is 1. The number of nitrogens with one attached hydrogen (secondary N) is 1. The van der Waals surface area contributed by atoms with Crippen molar-refractivity contribution in [3.05, 3.63) is 28.7 Å². The highest BCUT2D eigenvalue weighted by molar-refractivity contribution is 9.10. The van der Waals surface area contributed by atoms with Crippen molar-refractivity contribution in [1.29, 1.82) is 0 Å². The molecule has 0 spiro atoms. The molecule has 1 N–H and O–H groups in total. The van der Waals surface area contributed by atoms with Crippen LogP contribution in [0.2, 0.25) is 0 Å². The molecule has 0 radical (unpaired) electrons. The number of ether oxygens (including phenoxy) is 1. The molecule has 0 aliphatic rings. The number of hydrogen-bond acceptors (Lipinski definition) is 4. The lowest BCUT2D eigenvalue weighted by molar-refractivity contribution is -0.105. The molecule has 0 unspecified atom stereocenters. The average Bonchev–Trinajstić information content (AvgIpc) is 2.39. The molecule has 5 nitrogen and oxygen atoms in total. The number of nitrogens with zero attached hydrogens (tertiary/aromatic N) is 1. The number of benzene rings is 1. The van der Waals surface area contributed by atoms with Gasteiger partial charge >= 0.3 is 6.09 Å². The molecule has 0 aliphatic heterocycles. The number of halogens is 1. The summed E-state index contributed by atoms with van der Waals surface area (Å²) >= 11 is 4.46. The Bertz CT molecular complexity index is 463. The van der Waals surface area contributed by atoms with E-state index in [9.17, 15) is 9.59 Å². The minimum Gasteiger partial charge on any atom is -0.448 e. The van der Waals surface area contributed by atoms with Gasteiger partial charge in [0.2, 0.25) is 0 Å². The topological polar surface area (TPSA) is 67.8 Å². The van der Waals surface area contributed by atoms with Gasteiger partial charge in [0.1, 0.15) is 6.29 Å². The Labute approximate surface area is 123 Å². The van der Waals surface area contributed by atoms with Gasteiger partial charge in [0.15, 0.2) is 5.17 Å². The van der Waals surface area contributed by atoms with Gasteiger partial charge in [-0.2, -0.15) is 4.99 Å². The van der Waals surface area contributed by atoms with Gasteiger partial charge in [-0.05, 0) is 31.2 Å². The highest BCUT2D eigenvalue weighted by Crippen LogP contribution is 2.16. The fraction of sp³-hybridized carbons (Fsp3) is 0.250. The molecule has 1 aromatic carbocycles. The van der Waals surface area contributed by atoms with Crippen molar-refractivity contribution < 1.29 is 14.3 Å². The van der Waals surface area contributed by atoms with E-state index >= 15 is 0 Å². The van der Waals surface area contributed by atoms with Gasteiger partial charge in [0, 0.05) is 10.2 Å². The quantitative estimate of drug-likeness (QED) is 0.515. The fourth-order valence-corrected chi connectivity index (χ4v) is 1.92. The number of anilines is 1. The molecular formula is C12H13BrN2O3S. The van der Waals surface area contributed by atoms with Gasteiger partial charge in [-0.15, -0.1) is 0 Å². The smallest absolute Gasteiger partial charge is 0.436 e. The van der Waals surface area contributed by atoms with Crippen LogP contribution >= 0.6 is 27.7 Å². The number of rotatable bonds is 4. The summed E-state index contributed by atoms with van der Waals surface area (Å²) in [4.78, 5) is 25.5. The maximum Gasteiger partial charge on any atom is 0.436 e. The summed E-state index contributed by atoms with van der Waals surface area (Å²) in [7, 11) is 0. The maximum atomic E-state index is 11.3. The summed E-state index contributed by atoms with van der Waals surface area (Å²) in [5, 5.41) is 3.29. The lowest BCUT2D eigenvalue weighted by Gasteiger charge is -2.08. The minimum atomic E-state index is -0.680. The average molecular weight is 345 g/mol. The number of carbonyl (C=O) groups is 2. The molecule has 102 valence electrons. The van der Waals surface area contributed by atoms with Crippen molar-refractivity contribution in [1.82, 2.24) is 0 Å². The normalized spacial score (nSPS) is 10.9. The second-order valence-corrected chi connectivity index (χ2v) is 5.15. The van der Waals surface area contributed by atoms with Crippen LogP contribution in [0, 0.1) is 0 Å². The minimum absolute atomic E-state index is 0.210. The summed E-state index contributed by atoms with van der Waals surface area (Å²) in [6.07, 6.45) is 0.0646. The van der Waals surface area contributed by atoms with Crippen LogP contribution in [-0.4, -0.2) is 29.9 Å². The van der Waals surface area contributed by atoms with Gasteiger partial charge in [-0.25, -0.2) is 4.79 Å². The number of hydrogen-bond donors (Lipinski definition) is 1. The number of amides is 1. The van der Waals surface area contributed by atoms with E-state index in [0.29, 0.717) is 5.17 Å². The maximum absolute atomic E-state index is 11.3. The van der Waals surface area contributed by atoms with Crippen LogP contribution in [-0.2, 0) is 9.53 Å². The zero-order valence-electron chi connectivity index (χ0n) is 10.3. The Balaban J connectivity index is 2.75. The van der Waals surface area contributed by atoms with Crippen LogP contribution in [0.25, 0.3) is 0 Å². The Kier molecular flexibility index (Phi) is 7.20. The van der Waals surface area contributed by atoms with Gasteiger partial charge in [0.25, 0.3) is 0 Å². The van der Waals surface area contributed by atoms with Crippen molar-refractivity contribution in [3.8, 4) is 0 Å². The van der Waals surface area contributed by atoms with E-state index in [2.05, 4.69) is 26.2 Å². The Morgan fingerprint density at radius 3 is 2.74 bits per heavy atom. The summed E-state index contributed by atoms with van der Waals surface area (Å²) in [5.74, 6) is 0.210. The Morgan fingerprint density at radius 2 is 2.16 bits per heavy atom. The van der Waals surface area contributed by atoms with Crippen LogP contribution in [0.1, 0.15) is 6.92 Å².